The molecule has 1 aromatic rings. The van der Waals surface area contributed by atoms with Gasteiger partial charge in [0.15, 0.2) is 0 Å². The highest BCUT2D eigenvalue weighted by molar-refractivity contribution is 6.30. The summed E-state index contributed by atoms with van der Waals surface area (Å²) >= 11 is 5.99. The Morgan fingerprint density at radius 1 is 1.29 bits per heavy atom. The van der Waals surface area contributed by atoms with Gasteiger partial charge in [-0.05, 0) is 55.1 Å². The van der Waals surface area contributed by atoms with Crippen molar-refractivity contribution in [2.75, 3.05) is 26.2 Å². The Kier molecular flexibility index (Phi) is 3.12. The molecule has 2 heterocycles. The lowest BCUT2D eigenvalue weighted by molar-refractivity contribution is 0.305. The minimum absolute atomic E-state index is 0.841. The van der Waals surface area contributed by atoms with Crippen molar-refractivity contribution in [1.29, 1.82) is 0 Å². The van der Waals surface area contributed by atoms with Crippen molar-refractivity contribution in [3.63, 3.8) is 0 Å². The average molecular weight is 251 g/mol. The Morgan fingerprint density at radius 2 is 2.00 bits per heavy atom. The largest absolute Gasteiger partial charge is 0.316 e. The van der Waals surface area contributed by atoms with Crippen LogP contribution in [0.5, 0.6) is 0 Å². The summed E-state index contributed by atoms with van der Waals surface area (Å²) in [5.74, 6) is 1.75. The van der Waals surface area contributed by atoms with Crippen LogP contribution in [0.1, 0.15) is 11.1 Å². The van der Waals surface area contributed by atoms with Crippen molar-refractivity contribution in [2.24, 2.45) is 11.8 Å². The van der Waals surface area contributed by atoms with Crippen LogP contribution >= 0.6 is 11.6 Å². The molecule has 0 amide bonds. The van der Waals surface area contributed by atoms with Gasteiger partial charge in [0.1, 0.15) is 0 Å². The maximum Gasteiger partial charge on any atom is 0.0408 e. The second-order valence-electron chi connectivity index (χ2n) is 5.44. The predicted octanol–water partition coefficient (Wildman–Crippen LogP) is 2.30. The maximum absolute atomic E-state index is 5.99. The lowest BCUT2D eigenvalue weighted by Gasteiger charge is -2.18. The van der Waals surface area contributed by atoms with Gasteiger partial charge in [0.2, 0.25) is 0 Å². The zero-order chi connectivity index (χ0) is 11.8. The highest BCUT2D eigenvalue weighted by Crippen LogP contribution is 2.28. The van der Waals surface area contributed by atoms with Crippen molar-refractivity contribution in [1.82, 2.24) is 10.2 Å². The molecule has 2 atom stereocenters. The summed E-state index contributed by atoms with van der Waals surface area (Å²) in [5, 5.41) is 4.32. The normalized spacial score (nSPS) is 28.6. The molecular formula is C14H19ClN2. The smallest absolute Gasteiger partial charge is 0.0408 e. The number of nitrogens with one attached hydrogen (secondary N) is 1. The molecule has 3 rings (SSSR count). The quantitative estimate of drug-likeness (QED) is 0.867. The molecule has 0 aliphatic carbocycles. The highest BCUT2D eigenvalue weighted by atomic mass is 35.5. The second kappa shape index (κ2) is 4.60. The number of rotatable bonds is 2. The molecule has 0 aromatic heterocycles. The van der Waals surface area contributed by atoms with Crippen LogP contribution in [-0.2, 0) is 6.54 Å². The standard InChI is InChI=1S/C14H19ClN2/c1-10-4-14(15)3-2-11(10)7-17-8-12-5-16-6-13(12)9-17/h2-4,12-13,16H,5-9H2,1H3. The van der Waals surface area contributed by atoms with E-state index in [1.807, 2.05) is 6.07 Å². The van der Waals surface area contributed by atoms with Crippen LogP contribution in [0.15, 0.2) is 18.2 Å². The van der Waals surface area contributed by atoms with E-state index in [0.717, 1.165) is 23.4 Å². The predicted molar refractivity (Wildman–Crippen MR) is 71.3 cm³/mol. The van der Waals surface area contributed by atoms with Crippen LogP contribution in [0.25, 0.3) is 0 Å². The Balaban J connectivity index is 1.67. The zero-order valence-electron chi connectivity index (χ0n) is 10.2. The van der Waals surface area contributed by atoms with E-state index in [9.17, 15) is 0 Å². The van der Waals surface area contributed by atoms with E-state index in [2.05, 4.69) is 29.3 Å². The third-order valence-electron chi connectivity index (χ3n) is 4.16. The number of fused-ring (bicyclic) bond motifs is 1. The van der Waals surface area contributed by atoms with E-state index in [1.165, 1.54) is 37.3 Å². The summed E-state index contributed by atoms with van der Waals surface area (Å²) in [7, 11) is 0. The molecule has 2 saturated heterocycles. The van der Waals surface area contributed by atoms with E-state index in [4.69, 9.17) is 11.6 Å². The van der Waals surface area contributed by atoms with Crippen LogP contribution in [0.3, 0.4) is 0 Å². The van der Waals surface area contributed by atoms with Gasteiger partial charge in [0.05, 0.1) is 0 Å². The molecular weight excluding hydrogens is 232 g/mol. The van der Waals surface area contributed by atoms with Gasteiger partial charge < -0.3 is 5.32 Å². The van der Waals surface area contributed by atoms with Gasteiger partial charge in [-0.3, -0.25) is 4.90 Å². The zero-order valence-corrected chi connectivity index (χ0v) is 11.0. The summed E-state index contributed by atoms with van der Waals surface area (Å²) in [4.78, 5) is 2.59. The van der Waals surface area contributed by atoms with Crippen LogP contribution in [-0.4, -0.2) is 31.1 Å². The van der Waals surface area contributed by atoms with Gasteiger partial charge in [-0.25, -0.2) is 0 Å². The van der Waals surface area contributed by atoms with Crippen molar-refractivity contribution >= 4 is 11.6 Å². The molecule has 1 N–H and O–H groups in total. The maximum atomic E-state index is 5.99. The van der Waals surface area contributed by atoms with Gasteiger partial charge in [0, 0.05) is 24.7 Å². The third kappa shape index (κ3) is 2.35. The summed E-state index contributed by atoms with van der Waals surface area (Å²) < 4.78 is 0. The number of aryl methyl sites for hydroxylation is 1. The molecule has 3 heteroatoms. The van der Waals surface area contributed by atoms with Crippen LogP contribution in [0.2, 0.25) is 5.02 Å². The number of nitrogens with zero attached hydrogens (tertiary/aromatic N) is 1. The number of hydrogen-bond acceptors (Lipinski definition) is 2. The van der Waals surface area contributed by atoms with Crippen molar-refractivity contribution in [2.45, 2.75) is 13.5 Å². The molecule has 0 saturated carbocycles. The molecule has 2 fully saturated rings. The first-order chi connectivity index (χ1) is 8.22. The molecule has 0 radical (unpaired) electrons. The second-order valence-corrected chi connectivity index (χ2v) is 5.88. The summed E-state index contributed by atoms with van der Waals surface area (Å²) in [6.07, 6.45) is 0. The van der Waals surface area contributed by atoms with Gasteiger partial charge in [0.25, 0.3) is 0 Å². The Morgan fingerprint density at radius 3 is 2.65 bits per heavy atom. The molecule has 0 bridgehead atoms. The fraction of sp³-hybridized carbons (Fsp3) is 0.571. The Labute approximate surface area is 108 Å². The van der Waals surface area contributed by atoms with Crippen LogP contribution in [0, 0.1) is 18.8 Å². The molecule has 2 unspecified atom stereocenters. The minimum atomic E-state index is 0.841. The molecule has 1 aromatic carbocycles. The lowest BCUT2D eigenvalue weighted by atomic mass is 10.0. The fourth-order valence-electron chi connectivity index (χ4n) is 3.16. The van der Waals surface area contributed by atoms with Crippen molar-refractivity contribution < 1.29 is 0 Å². The van der Waals surface area contributed by atoms with Crippen molar-refractivity contribution in [3.05, 3.63) is 34.3 Å². The first kappa shape index (κ1) is 11.5. The molecule has 2 aliphatic rings. The summed E-state index contributed by atoms with van der Waals surface area (Å²) in [6.45, 7) is 8.15. The van der Waals surface area contributed by atoms with E-state index < -0.39 is 0 Å². The van der Waals surface area contributed by atoms with E-state index in [0.29, 0.717) is 0 Å². The molecule has 0 spiro atoms. The number of likely N-dealkylation sites (tertiary alicyclic amines) is 1. The van der Waals surface area contributed by atoms with E-state index in [-0.39, 0.29) is 0 Å². The van der Waals surface area contributed by atoms with Gasteiger partial charge >= 0.3 is 0 Å². The number of benzene rings is 1. The van der Waals surface area contributed by atoms with Gasteiger partial charge in [-0.15, -0.1) is 0 Å². The van der Waals surface area contributed by atoms with E-state index in [1.54, 1.807) is 0 Å². The summed E-state index contributed by atoms with van der Waals surface area (Å²) in [5.41, 5.74) is 2.73. The minimum Gasteiger partial charge on any atom is -0.316 e. The van der Waals surface area contributed by atoms with Gasteiger partial charge in [-0.2, -0.15) is 0 Å². The first-order valence-electron chi connectivity index (χ1n) is 6.40. The number of halogens is 1. The Hall–Kier alpha value is -0.570. The average Bonchev–Trinajstić information content (AvgIpc) is 2.82. The van der Waals surface area contributed by atoms with Crippen LogP contribution in [0.4, 0.5) is 0 Å². The Bertz CT molecular complexity index is 407. The SMILES string of the molecule is Cc1cc(Cl)ccc1CN1CC2CNCC2C1. The lowest BCUT2D eigenvalue weighted by Crippen LogP contribution is -2.25. The molecule has 17 heavy (non-hydrogen) atoms. The molecule has 92 valence electrons. The fourth-order valence-corrected chi connectivity index (χ4v) is 3.39. The van der Waals surface area contributed by atoms with Crippen molar-refractivity contribution in [3.8, 4) is 0 Å². The molecule has 2 aliphatic heterocycles. The topological polar surface area (TPSA) is 15.3 Å². The van der Waals surface area contributed by atoms with E-state index >= 15 is 0 Å². The van der Waals surface area contributed by atoms with Crippen LogP contribution < -0.4 is 5.32 Å². The monoisotopic (exact) mass is 250 g/mol. The first-order valence-corrected chi connectivity index (χ1v) is 6.78. The third-order valence-corrected chi connectivity index (χ3v) is 4.40. The number of hydrogen-bond donors (Lipinski definition) is 1. The van der Waals surface area contributed by atoms with Gasteiger partial charge in [-0.1, -0.05) is 17.7 Å². The summed E-state index contributed by atoms with van der Waals surface area (Å²) in [6, 6.07) is 6.24. The highest BCUT2D eigenvalue weighted by Gasteiger charge is 2.35. The molecule has 2 nitrogen and oxygen atoms in total.